The van der Waals surface area contributed by atoms with Gasteiger partial charge in [0.1, 0.15) is 5.75 Å². The molecule has 1 aromatic carbocycles. The zero-order chi connectivity index (χ0) is 16.5. The van der Waals surface area contributed by atoms with Crippen LogP contribution in [0, 0.1) is 0 Å². The summed E-state index contributed by atoms with van der Waals surface area (Å²) in [5, 5.41) is 5.43. The summed E-state index contributed by atoms with van der Waals surface area (Å²) in [7, 11) is 1.61. The molecule has 0 spiro atoms. The number of hydrogen-bond donors (Lipinski definition) is 2. The lowest BCUT2D eigenvalue weighted by Gasteiger charge is -2.07. The maximum Gasteiger partial charge on any atom is 0.287 e. The first-order valence-corrected chi connectivity index (χ1v) is 7.40. The van der Waals surface area contributed by atoms with E-state index in [1.807, 2.05) is 24.3 Å². The van der Waals surface area contributed by atoms with Gasteiger partial charge in [-0.25, -0.2) is 0 Å². The number of furan rings is 1. The van der Waals surface area contributed by atoms with Gasteiger partial charge in [0.05, 0.1) is 13.4 Å². The number of amides is 2. The van der Waals surface area contributed by atoms with Crippen molar-refractivity contribution in [2.45, 2.75) is 12.8 Å². The molecule has 1 heterocycles. The molecule has 2 rings (SSSR count). The second-order valence-corrected chi connectivity index (χ2v) is 4.93. The Hall–Kier alpha value is -2.76. The van der Waals surface area contributed by atoms with Crippen molar-refractivity contribution in [3.05, 3.63) is 54.0 Å². The minimum atomic E-state index is -0.291. The molecule has 2 aromatic rings. The number of hydrogen-bond acceptors (Lipinski definition) is 4. The predicted molar refractivity (Wildman–Crippen MR) is 85.4 cm³/mol. The Kier molecular flexibility index (Phi) is 6.23. The van der Waals surface area contributed by atoms with Crippen LogP contribution in [0.4, 0.5) is 0 Å². The van der Waals surface area contributed by atoms with Crippen molar-refractivity contribution in [1.82, 2.24) is 10.6 Å². The van der Waals surface area contributed by atoms with Crippen molar-refractivity contribution < 1.29 is 18.7 Å². The first-order valence-electron chi connectivity index (χ1n) is 7.40. The Labute approximate surface area is 134 Å². The zero-order valence-corrected chi connectivity index (χ0v) is 13.0. The number of aryl methyl sites for hydroxylation is 1. The number of carbonyl (C=O) groups is 2. The van der Waals surface area contributed by atoms with Crippen LogP contribution in [0.25, 0.3) is 0 Å². The highest BCUT2D eigenvalue weighted by Crippen LogP contribution is 2.13. The molecule has 2 amide bonds. The van der Waals surface area contributed by atoms with E-state index >= 15 is 0 Å². The summed E-state index contributed by atoms with van der Waals surface area (Å²) in [6, 6.07) is 10.9. The number of carbonyl (C=O) groups excluding carboxylic acids is 2. The average Bonchev–Trinajstić information content (AvgIpc) is 3.11. The van der Waals surface area contributed by atoms with Crippen LogP contribution < -0.4 is 15.4 Å². The zero-order valence-electron chi connectivity index (χ0n) is 13.0. The van der Waals surface area contributed by atoms with Gasteiger partial charge in [-0.15, -0.1) is 0 Å². The quantitative estimate of drug-likeness (QED) is 0.727. The van der Waals surface area contributed by atoms with Crippen LogP contribution in [0.5, 0.6) is 5.75 Å². The van der Waals surface area contributed by atoms with Crippen molar-refractivity contribution in [3.8, 4) is 5.75 Å². The summed E-state index contributed by atoms with van der Waals surface area (Å²) >= 11 is 0. The van der Waals surface area contributed by atoms with E-state index in [0.717, 1.165) is 11.3 Å². The largest absolute Gasteiger partial charge is 0.497 e. The van der Waals surface area contributed by atoms with Gasteiger partial charge >= 0.3 is 0 Å². The van der Waals surface area contributed by atoms with Crippen LogP contribution in [0.3, 0.4) is 0 Å². The number of methoxy groups -OCH3 is 1. The van der Waals surface area contributed by atoms with Crippen LogP contribution in [0.2, 0.25) is 0 Å². The molecule has 0 aliphatic rings. The van der Waals surface area contributed by atoms with Crippen molar-refractivity contribution >= 4 is 11.8 Å². The third-order valence-electron chi connectivity index (χ3n) is 3.25. The lowest BCUT2D eigenvalue weighted by Crippen LogP contribution is -2.34. The van der Waals surface area contributed by atoms with E-state index in [4.69, 9.17) is 9.15 Å². The molecule has 0 atom stereocenters. The molecule has 0 unspecified atom stereocenters. The number of nitrogens with one attached hydrogen (secondary N) is 2. The van der Waals surface area contributed by atoms with Crippen molar-refractivity contribution in [2.24, 2.45) is 0 Å². The van der Waals surface area contributed by atoms with E-state index in [0.29, 0.717) is 25.9 Å². The molecule has 1 aromatic heterocycles. The summed E-state index contributed by atoms with van der Waals surface area (Å²) in [5.41, 5.74) is 1.05. The Morgan fingerprint density at radius 1 is 1.13 bits per heavy atom. The molecule has 0 saturated heterocycles. The highest BCUT2D eigenvalue weighted by Gasteiger charge is 2.07. The SMILES string of the molecule is COc1cccc(CCC(=O)NCCNC(=O)c2ccco2)c1. The van der Waals surface area contributed by atoms with Crippen LogP contribution in [0.1, 0.15) is 22.5 Å². The van der Waals surface area contributed by atoms with Gasteiger partial charge in [0, 0.05) is 19.5 Å². The van der Waals surface area contributed by atoms with E-state index in [-0.39, 0.29) is 17.6 Å². The Morgan fingerprint density at radius 2 is 1.96 bits per heavy atom. The van der Waals surface area contributed by atoms with Crippen LogP contribution >= 0.6 is 0 Å². The van der Waals surface area contributed by atoms with E-state index in [1.165, 1.54) is 6.26 Å². The maximum absolute atomic E-state index is 11.8. The molecule has 6 nitrogen and oxygen atoms in total. The Morgan fingerprint density at radius 3 is 2.70 bits per heavy atom. The first-order chi connectivity index (χ1) is 11.2. The fraction of sp³-hybridized carbons (Fsp3) is 0.294. The van der Waals surface area contributed by atoms with Gasteiger partial charge in [0.15, 0.2) is 5.76 Å². The second kappa shape index (κ2) is 8.63. The minimum absolute atomic E-state index is 0.0555. The number of benzene rings is 1. The minimum Gasteiger partial charge on any atom is -0.497 e. The summed E-state index contributed by atoms with van der Waals surface area (Å²) in [6.07, 6.45) is 2.47. The van der Waals surface area contributed by atoms with E-state index < -0.39 is 0 Å². The van der Waals surface area contributed by atoms with Crippen molar-refractivity contribution in [2.75, 3.05) is 20.2 Å². The highest BCUT2D eigenvalue weighted by atomic mass is 16.5. The molecule has 122 valence electrons. The van der Waals surface area contributed by atoms with Gasteiger partial charge in [-0.1, -0.05) is 12.1 Å². The topological polar surface area (TPSA) is 80.6 Å². The van der Waals surface area contributed by atoms with E-state index in [2.05, 4.69) is 10.6 Å². The third-order valence-corrected chi connectivity index (χ3v) is 3.25. The molecule has 0 radical (unpaired) electrons. The molecule has 6 heteroatoms. The summed E-state index contributed by atoms with van der Waals surface area (Å²) in [6.45, 7) is 0.730. The maximum atomic E-state index is 11.8. The Bertz CT molecular complexity index is 638. The number of rotatable bonds is 8. The summed E-state index contributed by atoms with van der Waals surface area (Å²) < 4.78 is 10.1. The van der Waals surface area contributed by atoms with Crippen LogP contribution in [-0.2, 0) is 11.2 Å². The van der Waals surface area contributed by atoms with E-state index in [1.54, 1.807) is 19.2 Å². The molecule has 23 heavy (non-hydrogen) atoms. The molecule has 0 saturated carbocycles. The molecule has 0 bridgehead atoms. The normalized spacial score (nSPS) is 10.1. The smallest absolute Gasteiger partial charge is 0.287 e. The second-order valence-electron chi connectivity index (χ2n) is 4.93. The van der Waals surface area contributed by atoms with Gasteiger partial charge in [-0.2, -0.15) is 0 Å². The fourth-order valence-electron chi connectivity index (χ4n) is 2.05. The monoisotopic (exact) mass is 316 g/mol. The van der Waals surface area contributed by atoms with Crippen LogP contribution in [0.15, 0.2) is 47.1 Å². The van der Waals surface area contributed by atoms with E-state index in [9.17, 15) is 9.59 Å². The van der Waals surface area contributed by atoms with Gasteiger partial charge in [-0.05, 0) is 36.2 Å². The molecule has 0 aliphatic heterocycles. The molecule has 0 fully saturated rings. The van der Waals surface area contributed by atoms with Crippen LogP contribution in [-0.4, -0.2) is 32.0 Å². The first kappa shape index (κ1) is 16.6. The molecular weight excluding hydrogens is 296 g/mol. The van der Waals surface area contributed by atoms with Gasteiger partial charge in [0.25, 0.3) is 5.91 Å². The van der Waals surface area contributed by atoms with Gasteiger partial charge in [0.2, 0.25) is 5.91 Å². The lowest BCUT2D eigenvalue weighted by molar-refractivity contribution is -0.121. The number of ether oxygens (including phenoxy) is 1. The van der Waals surface area contributed by atoms with Crippen molar-refractivity contribution in [1.29, 1.82) is 0 Å². The Balaban J connectivity index is 1.62. The molecule has 2 N–H and O–H groups in total. The summed E-state index contributed by atoms with van der Waals surface area (Å²) in [4.78, 5) is 23.4. The average molecular weight is 316 g/mol. The fourth-order valence-corrected chi connectivity index (χ4v) is 2.05. The standard InChI is InChI=1S/C17H20N2O4/c1-22-14-5-2-4-13(12-14)7-8-16(20)18-9-10-19-17(21)15-6-3-11-23-15/h2-6,11-12H,7-10H2,1H3,(H,18,20)(H,19,21). The molecule has 0 aliphatic carbocycles. The van der Waals surface area contributed by atoms with Gasteiger partial charge < -0.3 is 19.8 Å². The predicted octanol–water partition coefficient (Wildman–Crippen LogP) is 1.77. The molecular formula is C17H20N2O4. The lowest BCUT2D eigenvalue weighted by atomic mass is 10.1. The van der Waals surface area contributed by atoms with Gasteiger partial charge in [-0.3, -0.25) is 9.59 Å². The third kappa shape index (κ3) is 5.50. The van der Waals surface area contributed by atoms with Crippen molar-refractivity contribution in [3.63, 3.8) is 0 Å². The highest BCUT2D eigenvalue weighted by molar-refractivity contribution is 5.91. The summed E-state index contributed by atoms with van der Waals surface area (Å²) in [5.74, 6) is 0.693.